The predicted molar refractivity (Wildman–Crippen MR) is 82.3 cm³/mol. The Morgan fingerprint density at radius 3 is 2.79 bits per heavy atom. The van der Waals surface area contributed by atoms with Gasteiger partial charge in [0, 0.05) is 17.0 Å². The van der Waals surface area contributed by atoms with Gasteiger partial charge in [-0.1, -0.05) is 25.5 Å². The fourth-order valence-corrected chi connectivity index (χ4v) is 2.63. The van der Waals surface area contributed by atoms with E-state index in [1.165, 1.54) is 0 Å². The Kier molecular flexibility index (Phi) is 6.95. The van der Waals surface area contributed by atoms with Crippen molar-refractivity contribution >= 4 is 17.7 Å². The molecule has 0 spiro atoms. The van der Waals surface area contributed by atoms with Crippen LogP contribution in [-0.4, -0.2) is 17.7 Å². The van der Waals surface area contributed by atoms with Crippen molar-refractivity contribution in [3.63, 3.8) is 0 Å². The van der Waals surface area contributed by atoms with E-state index in [1.54, 1.807) is 11.8 Å². The maximum Gasteiger partial charge on any atom is 0.230 e. The van der Waals surface area contributed by atoms with E-state index in [0.717, 1.165) is 23.3 Å². The lowest BCUT2D eigenvalue weighted by atomic mass is 10.1. The molecule has 0 radical (unpaired) electrons. The number of amides is 1. The summed E-state index contributed by atoms with van der Waals surface area (Å²) in [5.74, 6) is 0.549. The number of rotatable bonds is 7. The number of benzene rings is 1. The SMILES string of the molecule is CCCC(C)NC(=O)CSc1cccc(C(C)N)c1. The Balaban J connectivity index is 2.43. The van der Waals surface area contributed by atoms with Gasteiger partial charge in [0.05, 0.1) is 5.75 Å². The van der Waals surface area contributed by atoms with Crippen molar-refractivity contribution in [3.05, 3.63) is 29.8 Å². The third kappa shape index (κ3) is 6.12. The van der Waals surface area contributed by atoms with Crippen LogP contribution in [0.5, 0.6) is 0 Å². The van der Waals surface area contributed by atoms with Gasteiger partial charge in [0.2, 0.25) is 5.91 Å². The number of carbonyl (C=O) groups excluding carboxylic acids is 1. The van der Waals surface area contributed by atoms with Gasteiger partial charge in [-0.2, -0.15) is 0 Å². The van der Waals surface area contributed by atoms with Crippen molar-refractivity contribution in [2.24, 2.45) is 5.73 Å². The number of hydrogen-bond donors (Lipinski definition) is 2. The lowest BCUT2D eigenvalue weighted by molar-refractivity contribution is -0.119. The fraction of sp³-hybridized carbons (Fsp3) is 0.533. The summed E-state index contributed by atoms with van der Waals surface area (Å²) in [6.45, 7) is 6.13. The first kappa shape index (κ1) is 16.1. The molecule has 0 aliphatic carbocycles. The van der Waals surface area contributed by atoms with Crippen LogP contribution in [-0.2, 0) is 4.79 Å². The average molecular weight is 280 g/mol. The molecule has 0 aliphatic rings. The van der Waals surface area contributed by atoms with Crippen molar-refractivity contribution in [3.8, 4) is 0 Å². The second-order valence-corrected chi connectivity index (χ2v) is 5.96. The highest BCUT2D eigenvalue weighted by Gasteiger charge is 2.07. The molecule has 19 heavy (non-hydrogen) atoms. The molecule has 3 N–H and O–H groups in total. The molecule has 0 aliphatic heterocycles. The Morgan fingerprint density at radius 2 is 2.16 bits per heavy atom. The van der Waals surface area contributed by atoms with Crippen LogP contribution in [0.3, 0.4) is 0 Å². The maximum absolute atomic E-state index is 11.8. The Bertz CT molecular complexity index is 407. The van der Waals surface area contributed by atoms with Gasteiger partial charge in [-0.05, 0) is 38.0 Å². The molecule has 3 nitrogen and oxygen atoms in total. The summed E-state index contributed by atoms with van der Waals surface area (Å²) in [4.78, 5) is 12.9. The average Bonchev–Trinajstić information content (AvgIpc) is 2.37. The molecule has 0 aromatic heterocycles. The van der Waals surface area contributed by atoms with Gasteiger partial charge in [0.25, 0.3) is 0 Å². The summed E-state index contributed by atoms with van der Waals surface area (Å²) >= 11 is 1.55. The van der Waals surface area contributed by atoms with E-state index in [4.69, 9.17) is 5.73 Å². The minimum absolute atomic E-state index is 0.0268. The highest BCUT2D eigenvalue weighted by Crippen LogP contribution is 2.21. The maximum atomic E-state index is 11.8. The van der Waals surface area contributed by atoms with Crippen LogP contribution < -0.4 is 11.1 Å². The zero-order chi connectivity index (χ0) is 14.3. The minimum atomic E-state index is 0.0268. The normalized spacial score (nSPS) is 13.9. The molecule has 106 valence electrons. The largest absolute Gasteiger partial charge is 0.353 e. The molecule has 1 amide bonds. The van der Waals surface area contributed by atoms with Gasteiger partial charge in [0.15, 0.2) is 0 Å². The lowest BCUT2D eigenvalue weighted by Gasteiger charge is -2.12. The molecular formula is C15H24N2OS. The fourth-order valence-electron chi connectivity index (χ4n) is 1.86. The predicted octanol–water partition coefficient (Wildman–Crippen LogP) is 3.10. The van der Waals surface area contributed by atoms with Crippen molar-refractivity contribution in [1.29, 1.82) is 0 Å². The number of nitrogens with two attached hydrogens (primary N) is 1. The first-order valence-electron chi connectivity index (χ1n) is 6.80. The second kappa shape index (κ2) is 8.23. The van der Waals surface area contributed by atoms with E-state index in [0.29, 0.717) is 5.75 Å². The molecule has 0 saturated carbocycles. The summed E-state index contributed by atoms with van der Waals surface area (Å²) in [7, 11) is 0. The molecule has 0 bridgehead atoms. The molecule has 4 heteroatoms. The molecule has 1 aromatic carbocycles. The molecule has 2 atom stereocenters. The van der Waals surface area contributed by atoms with Crippen LogP contribution in [0.25, 0.3) is 0 Å². The van der Waals surface area contributed by atoms with E-state index >= 15 is 0 Å². The summed E-state index contributed by atoms with van der Waals surface area (Å²) in [6, 6.07) is 8.35. The number of hydrogen-bond acceptors (Lipinski definition) is 3. The molecule has 0 heterocycles. The van der Waals surface area contributed by atoms with Crippen molar-refractivity contribution in [2.75, 3.05) is 5.75 Å². The molecule has 0 fully saturated rings. The minimum Gasteiger partial charge on any atom is -0.353 e. The lowest BCUT2D eigenvalue weighted by Crippen LogP contribution is -2.33. The Labute approximate surface area is 120 Å². The van der Waals surface area contributed by atoms with Gasteiger partial charge in [0.1, 0.15) is 0 Å². The monoisotopic (exact) mass is 280 g/mol. The van der Waals surface area contributed by atoms with E-state index in [-0.39, 0.29) is 18.0 Å². The topological polar surface area (TPSA) is 55.1 Å². The van der Waals surface area contributed by atoms with Gasteiger partial charge in [-0.15, -0.1) is 11.8 Å². The molecule has 1 aromatic rings. The standard InChI is InChI=1S/C15H24N2OS/c1-4-6-11(2)17-15(18)10-19-14-8-5-7-13(9-14)12(3)16/h5,7-9,11-12H,4,6,10,16H2,1-3H3,(H,17,18). The Morgan fingerprint density at radius 1 is 1.42 bits per heavy atom. The van der Waals surface area contributed by atoms with Gasteiger partial charge in [-0.3, -0.25) is 4.79 Å². The highest BCUT2D eigenvalue weighted by atomic mass is 32.2. The van der Waals surface area contributed by atoms with Gasteiger partial charge < -0.3 is 11.1 Å². The first-order valence-corrected chi connectivity index (χ1v) is 7.79. The van der Waals surface area contributed by atoms with Crippen LogP contribution in [0.2, 0.25) is 0 Å². The zero-order valence-corrected chi connectivity index (χ0v) is 12.8. The molecule has 1 rings (SSSR count). The molecule has 2 unspecified atom stereocenters. The number of carbonyl (C=O) groups is 1. The van der Waals surface area contributed by atoms with E-state index in [9.17, 15) is 4.79 Å². The summed E-state index contributed by atoms with van der Waals surface area (Å²) in [6.07, 6.45) is 2.11. The van der Waals surface area contributed by atoms with Crippen LogP contribution in [0.1, 0.15) is 45.2 Å². The summed E-state index contributed by atoms with van der Waals surface area (Å²) in [5.41, 5.74) is 6.95. The first-order chi connectivity index (χ1) is 9.02. The van der Waals surface area contributed by atoms with Crippen LogP contribution in [0.15, 0.2) is 29.2 Å². The zero-order valence-electron chi connectivity index (χ0n) is 12.0. The second-order valence-electron chi connectivity index (χ2n) is 4.91. The third-order valence-corrected chi connectivity index (χ3v) is 3.88. The molecule has 0 saturated heterocycles. The summed E-state index contributed by atoms with van der Waals surface area (Å²) < 4.78 is 0. The quantitative estimate of drug-likeness (QED) is 0.755. The van der Waals surface area contributed by atoms with Crippen molar-refractivity contribution in [1.82, 2.24) is 5.32 Å². The van der Waals surface area contributed by atoms with Crippen LogP contribution in [0, 0.1) is 0 Å². The summed E-state index contributed by atoms with van der Waals surface area (Å²) in [5, 5.41) is 3.00. The van der Waals surface area contributed by atoms with Crippen LogP contribution in [0.4, 0.5) is 0 Å². The van der Waals surface area contributed by atoms with Crippen LogP contribution >= 0.6 is 11.8 Å². The van der Waals surface area contributed by atoms with E-state index < -0.39 is 0 Å². The van der Waals surface area contributed by atoms with Crippen molar-refractivity contribution in [2.45, 2.75) is 50.6 Å². The highest BCUT2D eigenvalue weighted by molar-refractivity contribution is 8.00. The molecular weight excluding hydrogens is 256 g/mol. The number of nitrogens with one attached hydrogen (secondary N) is 1. The smallest absolute Gasteiger partial charge is 0.230 e. The van der Waals surface area contributed by atoms with Crippen molar-refractivity contribution < 1.29 is 4.79 Å². The third-order valence-electron chi connectivity index (χ3n) is 2.88. The Hall–Kier alpha value is -1.00. The van der Waals surface area contributed by atoms with Gasteiger partial charge in [-0.25, -0.2) is 0 Å². The van der Waals surface area contributed by atoms with Gasteiger partial charge >= 0.3 is 0 Å². The van der Waals surface area contributed by atoms with E-state index in [1.807, 2.05) is 32.0 Å². The van der Waals surface area contributed by atoms with E-state index in [2.05, 4.69) is 18.3 Å². The number of thioether (sulfide) groups is 1.